The molecule has 0 heterocycles. The lowest BCUT2D eigenvalue weighted by Crippen LogP contribution is -2.37. The third-order valence-electron chi connectivity index (χ3n) is 2.65. The van der Waals surface area contributed by atoms with E-state index in [2.05, 4.69) is 4.74 Å². The Bertz CT molecular complexity index is 393. The molecule has 4 heteroatoms. The van der Waals surface area contributed by atoms with Crippen LogP contribution in [-0.4, -0.2) is 35.0 Å². The van der Waals surface area contributed by atoms with Crippen molar-refractivity contribution in [3.05, 3.63) is 35.4 Å². The molecular weight excluding hydrogens is 220 g/mol. The number of hydrogen-bond donors (Lipinski definition) is 2. The van der Waals surface area contributed by atoms with Gasteiger partial charge < -0.3 is 14.9 Å². The maximum atomic E-state index is 11.5. The summed E-state index contributed by atoms with van der Waals surface area (Å²) < 4.78 is 4.66. The number of aliphatic hydroxyl groups is 2. The molecule has 1 unspecified atom stereocenters. The Morgan fingerprint density at radius 1 is 1.41 bits per heavy atom. The average molecular weight is 238 g/mol. The number of carbonyl (C=O) groups is 1. The number of hydrogen-bond acceptors (Lipinski definition) is 4. The second-order valence-corrected chi connectivity index (χ2v) is 4.52. The van der Waals surface area contributed by atoms with Gasteiger partial charge >= 0.3 is 5.97 Å². The van der Waals surface area contributed by atoms with Crippen LogP contribution < -0.4 is 0 Å². The van der Waals surface area contributed by atoms with Gasteiger partial charge in [0.1, 0.15) is 0 Å². The van der Waals surface area contributed by atoms with Crippen LogP contribution in [0.4, 0.5) is 0 Å². The molecule has 1 atom stereocenters. The zero-order valence-electron chi connectivity index (χ0n) is 10.3. The van der Waals surface area contributed by atoms with Gasteiger partial charge in [-0.2, -0.15) is 0 Å². The Morgan fingerprint density at radius 3 is 2.53 bits per heavy atom. The Hall–Kier alpha value is -1.39. The second kappa shape index (κ2) is 5.29. The molecule has 94 valence electrons. The third-order valence-corrected chi connectivity index (χ3v) is 2.65. The summed E-state index contributed by atoms with van der Waals surface area (Å²) in [5, 5.41) is 19.5. The predicted octanol–water partition coefficient (Wildman–Crippen LogP) is 1.15. The topological polar surface area (TPSA) is 66.8 Å². The van der Waals surface area contributed by atoms with E-state index in [1.165, 1.54) is 21.0 Å². The third kappa shape index (κ3) is 3.54. The van der Waals surface area contributed by atoms with Gasteiger partial charge in [-0.15, -0.1) is 0 Å². The van der Waals surface area contributed by atoms with E-state index in [4.69, 9.17) is 0 Å². The van der Waals surface area contributed by atoms with E-state index in [9.17, 15) is 15.0 Å². The lowest BCUT2D eigenvalue weighted by atomic mass is 9.93. The molecular formula is C13H18O4. The maximum absolute atomic E-state index is 11.5. The van der Waals surface area contributed by atoms with E-state index < -0.39 is 17.7 Å². The van der Waals surface area contributed by atoms with Gasteiger partial charge in [0, 0.05) is 6.42 Å². The molecule has 4 nitrogen and oxygen atoms in total. The molecule has 0 aliphatic carbocycles. The molecule has 0 radical (unpaired) electrons. The van der Waals surface area contributed by atoms with Crippen LogP contribution >= 0.6 is 0 Å². The quantitative estimate of drug-likeness (QED) is 0.772. The molecule has 17 heavy (non-hydrogen) atoms. The number of rotatable bonds is 4. The lowest BCUT2D eigenvalue weighted by molar-refractivity contribution is -0.0470. The molecule has 0 fully saturated rings. The van der Waals surface area contributed by atoms with Crippen LogP contribution in [0, 0.1) is 0 Å². The van der Waals surface area contributed by atoms with Gasteiger partial charge in [-0.3, -0.25) is 0 Å². The summed E-state index contributed by atoms with van der Waals surface area (Å²) in [7, 11) is 1.31. The zero-order chi connectivity index (χ0) is 13.1. The lowest BCUT2D eigenvalue weighted by Gasteiger charge is -2.25. The van der Waals surface area contributed by atoms with Crippen LogP contribution in [0.5, 0.6) is 0 Å². The molecule has 1 aromatic rings. The highest BCUT2D eigenvalue weighted by Crippen LogP contribution is 2.17. The van der Waals surface area contributed by atoms with E-state index in [1.807, 2.05) is 0 Å². The minimum atomic E-state index is -1.21. The molecule has 0 aromatic heterocycles. The summed E-state index contributed by atoms with van der Waals surface area (Å²) in [4.78, 5) is 11.5. The number of methoxy groups -OCH3 is 1. The van der Waals surface area contributed by atoms with Crippen LogP contribution in [-0.2, 0) is 11.2 Å². The Morgan fingerprint density at radius 2 is 2.00 bits per heavy atom. The fraction of sp³-hybridized carbons (Fsp3) is 0.462. The highest BCUT2D eigenvalue weighted by molar-refractivity contribution is 5.91. The normalized spacial score (nSPS) is 13.2. The van der Waals surface area contributed by atoms with Gasteiger partial charge in [-0.25, -0.2) is 4.79 Å². The first-order valence-corrected chi connectivity index (χ1v) is 5.43. The Labute approximate surface area is 101 Å². The number of esters is 1. The largest absolute Gasteiger partial charge is 0.465 e. The molecule has 1 aromatic carbocycles. The SMILES string of the molecule is COC(=O)c1ccccc1CC(O)C(C)(C)O. The molecule has 0 saturated heterocycles. The van der Waals surface area contributed by atoms with Gasteiger partial charge in [0.2, 0.25) is 0 Å². The van der Waals surface area contributed by atoms with E-state index in [0.717, 1.165) is 0 Å². The first kappa shape index (κ1) is 13.7. The smallest absolute Gasteiger partial charge is 0.338 e. The predicted molar refractivity (Wildman–Crippen MR) is 63.8 cm³/mol. The van der Waals surface area contributed by atoms with E-state index >= 15 is 0 Å². The molecule has 0 bridgehead atoms. The van der Waals surface area contributed by atoms with Crippen molar-refractivity contribution < 1.29 is 19.7 Å². The minimum absolute atomic E-state index is 0.203. The van der Waals surface area contributed by atoms with Crippen molar-refractivity contribution in [2.45, 2.75) is 32.0 Å². The number of aliphatic hydroxyl groups excluding tert-OH is 1. The minimum Gasteiger partial charge on any atom is -0.465 e. The van der Waals surface area contributed by atoms with Crippen LogP contribution in [0.2, 0.25) is 0 Å². The summed E-state index contributed by atoms with van der Waals surface area (Å²) in [6, 6.07) is 6.88. The van der Waals surface area contributed by atoms with Crippen LogP contribution in [0.1, 0.15) is 29.8 Å². The van der Waals surface area contributed by atoms with Crippen LogP contribution in [0.15, 0.2) is 24.3 Å². The first-order chi connectivity index (χ1) is 7.86. The standard InChI is InChI=1S/C13H18O4/c1-13(2,16)11(14)8-9-6-4-5-7-10(9)12(15)17-3/h4-7,11,14,16H,8H2,1-3H3. The molecule has 0 saturated carbocycles. The Balaban J connectivity index is 2.95. The monoisotopic (exact) mass is 238 g/mol. The van der Waals surface area contributed by atoms with Crippen molar-refractivity contribution >= 4 is 5.97 Å². The van der Waals surface area contributed by atoms with Crippen molar-refractivity contribution in [1.82, 2.24) is 0 Å². The molecule has 0 spiro atoms. The van der Waals surface area contributed by atoms with Crippen LogP contribution in [0.3, 0.4) is 0 Å². The summed E-state index contributed by atoms with van der Waals surface area (Å²) in [6.07, 6.45) is -0.734. The maximum Gasteiger partial charge on any atom is 0.338 e. The fourth-order valence-corrected chi connectivity index (χ4v) is 1.47. The van der Waals surface area contributed by atoms with Crippen molar-refractivity contribution in [3.8, 4) is 0 Å². The van der Waals surface area contributed by atoms with Gasteiger partial charge in [0.15, 0.2) is 0 Å². The number of carbonyl (C=O) groups excluding carboxylic acids is 1. The molecule has 2 N–H and O–H groups in total. The van der Waals surface area contributed by atoms with Crippen molar-refractivity contribution in [3.63, 3.8) is 0 Å². The molecule has 0 amide bonds. The highest BCUT2D eigenvalue weighted by atomic mass is 16.5. The fourth-order valence-electron chi connectivity index (χ4n) is 1.47. The zero-order valence-corrected chi connectivity index (χ0v) is 10.3. The molecule has 0 aliphatic heterocycles. The van der Waals surface area contributed by atoms with Gasteiger partial charge in [-0.05, 0) is 25.5 Å². The first-order valence-electron chi connectivity index (χ1n) is 5.43. The van der Waals surface area contributed by atoms with Crippen LogP contribution in [0.25, 0.3) is 0 Å². The molecule has 0 aliphatic rings. The average Bonchev–Trinajstić information content (AvgIpc) is 2.27. The second-order valence-electron chi connectivity index (χ2n) is 4.52. The highest BCUT2D eigenvalue weighted by Gasteiger charge is 2.26. The van der Waals surface area contributed by atoms with Crippen molar-refractivity contribution in [2.24, 2.45) is 0 Å². The van der Waals surface area contributed by atoms with Gasteiger partial charge in [0.25, 0.3) is 0 Å². The van der Waals surface area contributed by atoms with E-state index in [0.29, 0.717) is 11.1 Å². The van der Waals surface area contributed by atoms with E-state index in [-0.39, 0.29) is 6.42 Å². The van der Waals surface area contributed by atoms with Gasteiger partial charge in [-0.1, -0.05) is 18.2 Å². The number of ether oxygens (including phenoxy) is 1. The summed E-state index contributed by atoms with van der Waals surface area (Å²) in [5.74, 6) is -0.441. The van der Waals surface area contributed by atoms with Gasteiger partial charge in [0.05, 0.1) is 24.4 Å². The number of benzene rings is 1. The van der Waals surface area contributed by atoms with Crippen molar-refractivity contribution in [1.29, 1.82) is 0 Å². The molecule has 1 rings (SSSR count). The van der Waals surface area contributed by atoms with Crippen molar-refractivity contribution in [2.75, 3.05) is 7.11 Å². The summed E-state index contributed by atoms with van der Waals surface area (Å²) in [6.45, 7) is 3.05. The Kier molecular flexibility index (Phi) is 4.26. The van der Waals surface area contributed by atoms with E-state index in [1.54, 1.807) is 24.3 Å². The summed E-state index contributed by atoms with van der Waals surface area (Å²) in [5.41, 5.74) is -0.129. The summed E-state index contributed by atoms with van der Waals surface area (Å²) >= 11 is 0.